The van der Waals surface area contributed by atoms with Gasteiger partial charge in [-0.15, -0.1) is 0 Å². The molecule has 0 radical (unpaired) electrons. The maximum atomic E-state index is 10.1. The molecule has 0 amide bonds. The molecule has 0 aliphatic heterocycles. The van der Waals surface area contributed by atoms with Gasteiger partial charge in [0, 0.05) is 7.11 Å². The van der Waals surface area contributed by atoms with Crippen molar-refractivity contribution in [1.82, 2.24) is 0 Å². The first-order chi connectivity index (χ1) is 7.85. The third-order valence-corrected chi connectivity index (χ3v) is 2.46. The van der Waals surface area contributed by atoms with Gasteiger partial charge in [-0.25, -0.2) is 0 Å². The Bertz CT molecular complexity index is 207. The maximum Gasteiger partial charge on any atom is 0.142 e. The lowest BCUT2D eigenvalue weighted by molar-refractivity contribution is -0.104. The van der Waals surface area contributed by atoms with Crippen LogP contribution in [0.4, 0.5) is 0 Å². The molecule has 1 atom stereocenters. The van der Waals surface area contributed by atoms with Gasteiger partial charge in [-0.3, -0.25) is 4.79 Å². The van der Waals surface area contributed by atoms with E-state index in [9.17, 15) is 4.79 Å². The number of carbonyl (C=O) groups is 1. The second-order valence-electron chi connectivity index (χ2n) is 3.85. The number of hydrogen-bond acceptors (Lipinski definition) is 2. The summed E-state index contributed by atoms with van der Waals surface area (Å²) < 4.78 is 5.27. The molecule has 0 aliphatic rings. The van der Waals surface area contributed by atoms with Gasteiger partial charge >= 0.3 is 0 Å². The van der Waals surface area contributed by atoms with E-state index in [1.54, 1.807) is 7.11 Å². The lowest BCUT2D eigenvalue weighted by Gasteiger charge is -2.06. The topological polar surface area (TPSA) is 26.3 Å². The first-order valence-electron chi connectivity index (χ1n) is 6.14. The molecule has 0 saturated carbocycles. The Hall–Kier alpha value is -0.890. The summed E-state index contributed by atoms with van der Waals surface area (Å²) in [5.74, 6) is 0. The van der Waals surface area contributed by atoms with Crippen LogP contribution in [0, 0.1) is 0 Å². The van der Waals surface area contributed by atoms with Crippen molar-refractivity contribution in [2.45, 2.75) is 51.6 Å². The summed E-state index contributed by atoms with van der Waals surface area (Å²) in [6.45, 7) is 2.22. The summed E-state index contributed by atoms with van der Waals surface area (Å²) in [6.07, 6.45) is 15.6. The normalized spacial score (nSPS) is 13.6. The summed E-state index contributed by atoms with van der Waals surface area (Å²) in [4.78, 5) is 10.1. The second kappa shape index (κ2) is 12.2. The summed E-state index contributed by atoms with van der Waals surface area (Å²) in [7, 11) is 1.70. The fraction of sp³-hybridized carbons (Fsp3) is 0.643. The van der Waals surface area contributed by atoms with Gasteiger partial charge in [0.15, 0.2) is 0 Å². The number of hydrogen-bond donors (Lipinski definition) is 0. The first kappa shape index (κ1) is 15.1. The Labute approximate surface area is 99.4 Å². The minimum Gasteiger partial charge on any atom is -0.377 e. The van der Waals surface area contributed by atoms with Gasteiger partial charge in [-0.05, 0) is 25.3 Å². The molecular formula is C14H24O2. The molecule has 0 bridgehead atoms. The number of rotatable bonds is 10. The van der Waals surface area contributed by atoms with Crippen LogP contribution in [-0.2, 0) is 9.53 Å². The molecule has 0 heterocycles. The van der Waals surface area contributed by atoms with Crippen LogP contribution in [0.2, 0.25) is 0 Å². The van der Waals surface area contributed by atoms with Crippen LogP contribution in [0.15, 0.2) is 24.3 Å². The quantitative estimate of drug-likeness (QED) is 0.245. The Morgan fingerprint density at radius 2 is 2.00 bits per heavy atom. The van der Waals surface area contributed by atoms with Crippen LogP contribution in [0.5, 0.6) is 0 Å². The van der Waals surface area contributed by atoms with Gasteiger partial charge in [0.25, 0.3) is 0 Å². The third-order valence-electron chi connectivity index (χ3n) is 2.46. The van der Waals surface area contributed by atoms with E-state index in [1.807, 2.05) is 6.08 Å². The van der Waals surface area contributed by atoms with E-state index in [-0.39, 0.29) is 6.10 Å². The van der Waals surface area contributed by atoms with Crippen molar-refractivity contribution in [3.05, 3.63) is 24.3 Å². The Morgan fingerprint density at radius 1 is 1.19 bits per heavy atom. The Kier molecular flexibility index (Phi) is 11.5. The monoisotopic (exact) mass is 224 g/mol. The number of unbranched alkanes of at least 4 members (excludes halogenated alkanes) is 4. The summed E-state index contributed by atoms with van der Waals surface area (Å²) in [5, 5.41) is 0. The van der Waals surface area contributed by atoms with Crippen molar-refractivity contribution in [2.24, 2.45) is 0 Å². The highest BCUT2D eigenvalue weighted by Crippen LogP contribution is 2.05. The van der Waals surface area contributed by atoms with Gasteiger partial charge in [-0.2, -0.15) is 0 Å². The van der Waals surface area contributed by atoms with Gasteiger partial charge in [0.2, 0.25) is 0 Å². The lowest BCUT2D eigenvalue weighted by Crippen LogP contribution is -2.04. The van der Waals surface area contributed by atoms with E-state index < -0.39 is 0 Å². The van der Waals surface area contributed by atoms with Gasteiger partial charge in [-0.1, -0.05) is 44.4 Å². The van der Waals surface area contributed by atoms with Crippen LogP contribution in [0.3, 0.4) is 0 Å². The molecule has 0 fully saturated rings. The van der Waals surface area contributed by atoms with Gasteiger partial charge < -0.3 is 4.74 Å². The standard InChI is InChI=1S/C14H24O2/c1-3-4-5-6-7-8-11-14(16-2)12-9-10-13-15/h8-11,13-14H,3-7,12H2,1-2H3/b10-9+,11-8-. The highest BCUT2D eigenvalue weighted by Gasteiger charge is 1.98. The molecule has 0 spiro atoms. The molecule has 2 nitrogen and oxygen atoms in total. The molecule has 0 aromatic carbocycles. The Morgan fingerprint density at radius 3 is 2.62 bits per heavy atom. The van der Waals surface area contributed by atoms with Crippen molar-refractivity contribution in [3.8, 4) is 0 Å². The number of carbonyl (C=O) groups excluding carboxylic acids is 1. The third kappa shape index (κ3) is 9.66. The first-order valence-corrected chi connectivity index (χ1v) is 6.14. The molecular weight excluding hydrogens is 200 g/mol. The van der Waals surface area contributed by atoms with E-state index in [1.165, 1.54) is 31.8 Å². The molecule has 0 aliphatic carbocycles. The van der Waals surface area contributed by atoms with E-state index in [0.717, 1.165) is 19.1 Å². The van der Waals surface area contributed by atoms with E-state index in [4.69, 9.17) is 4.74 Å². The predicted molar refractivity (Wildman–Crippen MR) is 68.5 cm³/mol. The number of methoxy groups -OCH3 is 1. The lowest BCUT2D eigenvalue weighted by atomic mass is 10.1. The summed E-state index contributed by atoms with van der Waals surface area (Å²) in [6, 6.07) is 0. The van der Waals surface area contributed by atoms with Crippen molar-refractivity contribution >= 4 is 6.29 Å². The van der Waals surface area contributed by atoms with Crippen molar-refractivity contribution in [1.29, 1.82) is 0 Å². The van der Waals surface area contributed by atoms with Crippen LogP contribution >= 0.6 is 0 Å². The zero-order valence-electron chi connectivity index (χ0n) is 10.5. The molecule has 92 valence electrons. The summed E-state index contributed by atoms with van der Waals surface area (Å²) >= 11 is 0. The minimum atomic E-state index is 0.0994. The molecule has 16 heavy (non-hydrogen) atoms. The molecule has 0 aromatic heterocycles. The predicted octanol–water partition coefficient (Wildman–Crippen LogP) is 3.67. The average molecular weight is 224 g/mol. The highest BCUT2D eigenvalue weighted by atomic mass is 16.5. The number of allylic oxidation sites excluding steroid dienone is 2. The molecule has 0 rings (SSSR count). The second-order valence-corrected chi connectivity index (χ2v) is 3.85. The van der Waals surface area contributed by atoms with Crippen molar-refractivity contribution in [3.63, 3.8) is 0 Å². The Balaban J connectivity index is 3.62. The molecule has 0 aromatic rings. The highest BCUT2D eigenvalue weighted by molar-refractivity contribution is 5.64. The van der Waals surface area contributed by atoms with Crippen molar-refractivity contribution < 1.29 is 9.53 Å². The minimum absolute atomic E-state index is 0.0994. The van der Waals surface area contributed by atoms with Gasteiger partial charge in [0.1, 0.15) is 6.29 Å². The fourth-order valence-electron chi connectivity index (χ4n) is 1.46. The van der Waals surface area contributed by atoms with E-state index >= 15 is 0 Å². The van der Waals surface area contributed by atoms with Crippen LogP contribution in [0.1, 0.15) is 45.4 Å². The van der Waals surface area contributed by atoms with Crippen LogP contribution < -0.4 is 0 Å². The van der Waals surface area contributed by atoms with Gasteiger partial charge in [0.05, 0.1) is 6.10 Å². The largest absolute Gasteiger partial charge is 0.377 e. The SMILES string of the molecule is CCCCCC/C=C\C(C/C=C/C=O)OC. The van der Waals surface area contributed by atoms with Crippen LogP contribution in [-0.4, -0.2) is 19.5 Å². The molecule has 0 N–H and O–H groups in total. The average Bonchev–Trinajstić information content (AvgIpc) is 2.31. The number of aldehydes is 1. The zero-order valence-corrected chi connectivity index (χ0v) is 10.5. The number of ether oxygens (including phenoxy) is 1. The summed E-state index contributed by atoms with van der Waals surface area (Å²) in [5.41, 5.74) is 0. The molecule has 0 saturated heterocycles. The van der Waals surface area contributed by atoms with E-state index in [0.29, 0.717) is 0 Å². The zero-order chi connectivity index (χ0) is 12.1. The maximum absolute atomic E-state index is 10.1. The van der Waals surface area contributed by atoms with Crippen molar-refractivity contribution in [2.75, 3.05) is 7.11 Å². The smallest absolute Gasteiger partial charge is 0.142 e. The molecule has 1 unspecified atom stereocenters. The fourth-order valence-corrected chi connectivity index (χ4v) is 1.46. The van der Waals surface area contributed by atoms with E-state index in [2.05, 4.69) is 19.1 Å². The molecule has 2 heteroatoms. The van der Waals surface area contributed by atoms with Crippen LogP contribution in [0.25, 0.3) is 0 Å².